The van der Waals surface area contributed by atoms with Crippen molar-refractivity contribution < 1.29 is 18.0 Å². The molecule has 0 unspecified atom stereocenters. The lowest BCUT2D eigenvalue weighted by Crippen LogP contribution is -2.26. The lowest BCUT2D eigenvalue weighted by Gasteiger charge is -2.19. The molecule has 3 aromatic rings. The Kier molecular flexibility index (Phi) is 7.92. The van der Waals surface area contributed by atoms with E-state index in [4.69, 9.17) is 22.2 Å². The van der Waals surface area contributed by atoms with E-state index in [0.717, 1.165) is 5.56 Å². The molecule has 0 aliphatic carbocycles. The molecule has 0 saturated carbocycles. The van der Waals surface area contributed by atoms with E-state index in [9.17, 15) is 13.2 Å². The lowest BCUT2D eigenvalue weighted by atomic mass is 10.1. The molecule has 8 nitrogen and oxygen atoms in total. The van der Waals surface area contributed by atoms with E-state index in [1.165, 1.54) is 23.5 Å². The van der Waals surface area contributed by atoms with Crippen molar-refractivity contribution in [1.82, 2.24) is 0 Å². The van der Waals surface area contributed by atoms with Crippen molar-refractivity contribution in [1.29, 1.82) is 0 Å². The molecule has 0 bridgehead atoms. The van der Waals surface area contributed by atoms with Crippen LogP contribution in [-0.4, -0.2) is 33.8 Å². The number of nitrogens with two attached hydrogens (primary N) is 1. The van der Waals surface area contributed by atoms with E-state index >= 15 is 0 Å². The van der Waals surface area contributed by atoms with Crippen molar-refractivity contribution in [3.05, 3.63) is 89.4 Å². The van der Waals surface area contributed by atoms with Gasteiger partial charge in [0, 0.05) is 24.2 Å². The number of benzene rings is 3. The second kappa shape index (κ2) is 10.8. The van der Waals surface area contributed by atoms with Gasteiger partial charge >= 0.3 is 0 Å². The van der Waals surface area contributed by atoms with Crippen molar-refractivity contribution in [3.8, 4) is 0 Å². The van der Waals surface area contributed by atoms with E-state index in [1.807, 2.05) is 12.1 Å². The van der Waals surface area contributed by atoms with Crippen LogP contribution in [0.25, 0.3) is 0 Å². The second-order valence-electron chi connectivity index (χ2n) is 7.01. The maximum absolute atomic E-state index is 12.9. The minimum Gasteiger partial charge on any atom is -0.384 e. The summed E-state index contributed by atoms with van der Waals surface area (Å²) in [7, 11) is -2.34. The van der Waals surface area contributed by atoms with Gasteiger partial charge in [-0.05, 0) is 42.0 Å². The summed E-state index contributed by atoms with van der Waals surface area (Å²) in [6.45, 7) is -0.399. The molecule has 0 saturated heterocycles. The highest BCUT2D eigenvalue weighted by molar-refractivity contribution is 7.92. The standard InChI is InChI=1S/C23H23ClN4O4S/c1-28(19-10-3-2-4-11-19)33(30,31)20-12-7-9-18(15-20)26-23(29)16-32-27-22(25)14-17-8-5-6-13-21(17)24/h2-13,15H,14,16H2,1H3,(H2,25,27)(H,26,29). The first-order chi connectivity index (χ1) is 15.8. The summed E-state index contributed by atoms with van der Waals surface area (Å²) in [5.74, 6) is -0.358. The van der Waals surface area contributed by atoms with E-state index in [1.54, 1.807) is 54.6 Å². The zero-order valence-corrected chi connectivity index (χ0v) is 19.4. The molecule has 0 radical (unpaired) electrons. The smallest absolute Gasteiger partial charge is 0.265 e. The number of carbonyl (C=O) groups excluding carboxylic acids is 1. The Morgan fingerprint density at radius 3 is 2.48 bits per heavy atom. The van der Waals surface area contributed by atoms with Gasteiger partial charge in [-0.1, -0.05) is 59.2 Å². The summed E-state index contributed by atoms with van der Waals surface area (Å²) in [6, 6.07) is 21.8. The van der Waals surface area contributed by atoms with Gasteiger partial charge in [0.1, 0.15) is 5.84 Å². The van der Waals surface area contributed by atoms with Crippen LogP contribution in [0, 0.1) is 0 Å². The van der Waals surface area contributed by atoms with Gasteiger partial charge in [-0.15, -0.1) is 0 Å². The fourth-order valence-corrected chi connectivity index (χ4v) is 4.35. The molecule has 3 aromatic carbocycles. The van der Waals surface area contributed by atoms with Crippen LogP contribution in [0.4, 0.5) is 11.4 Å². The van der Waals surface area contributed by atoms with Crippen molar-refractivity contribution in [2.45, 2.75) is 11.3 Å². The van der Waals surface area contributed by atoms with Crippen molar-refractivity contribution in [2.75, 3.05) is 23.3 Å². The number of sulfonamides is 1. The van der Waals surface area contributed by atoms with E-state index < -0.39 is 22.5 Å². The third-order valence-corrected chi connectivity index (χ3v) is 6.75. The second-order valence-corrected chi connectivity index (χ2v) is 9.38. The van der Waals surface area contributed by atoms with Crippen LogP contribution in [0.15, 0.2) is 88.9 Å². The van der Waals surface area contributed by atoms with Crippen molar-refractivity contribution in [3.63, 3.8) is 0 Å². The van der Waals surface area contributed by atoms with Crippen LogP contribution in [0.1, 0.15) is 5.56 Å². The summed E-state index contributed by atoms with van der Waals surface area (Å²) in [5.41, 5.74) is 7.43. The molecule has 0 aromatic heterocycles. The number of hydrogen-bond donors (Lipinski definition) is 2. The first kappa shape index (κ1) is 24.1. The normalized spacial score (nSPS) is 11.6. The third-order valence-electron chi connectivity index (χ3n) is 4.60. The largest absolute Gasteiger partial charge is 0.384 e. The minimum atomic E-state index is -3.81. The number of hydrogen-bond acceptors (Lipinski definition) is 5. The molecule has 33 heavy (non-hydrogen) atoms. The SMILES string of the molecule is CN(c1ccccc1)S(=O)(=O)c1cccc(NC(=O)CO/N=C(/N)Cc2ccccc2Cl)c1. The summed E-state index contributed by atoms with van der Waals surface area (Å²) in [6.07, 6.45) is 0.274. The highest BCUT2D eigenvalue weighted by Crippen LogP contribution is 2.23. The number of nitrogens with one attached hydrogen (secondary N) is 1. The summed E-state index contributed by atoms with van der Waals surface area (Å²) in [4.78, 5) is 17.2. The predicted molar refractivity (Wildman–Crippen MR) is 130 cm³/mol. The van der Waals surface area contributed by atoms with Crippen LogP contribution in [-0.2, 0) is 26.1 Å². The Morgan fingerprint density at radius 2 is 1.76 bits per heavy atom. The average Bonchev–Trinajstić information content (AvgIpc) is 2.81. The van der Waals surface area contributed by atoms with Crippen LogP contribution < -0.4 is 15.4 Å². The van der Waals surface area contributed by atoms with Crippen LogP contribution in [0.3, 0.4) is 0 Å². The lowest BCUT2D eigenvalue weighted by molar-refractivity contribution is -0.120. The first-order valence-electron chi connectivity index (χ1n) is 9.89. The minimum absolute atomic E-state index is 0.0366. The number of anilines is 2. The molecule has 0 aliphatic heterocycles. The topological polar surface area (TPSA) is 114 Å². The quantitative estimate of drug-likeness (QED) is 0.272. The van der Waals surface area contributed by atoms with Crippen LogP contribution in [0.5, 0.6) is 0 Å². The Labute approximate surface area is 197 Å². The van der Waals surface area contributed by atoms with Crippen molar-refractivity contribution >= 4 is 44.7 Å². The monoisotopic (exact) mass is 486 g/mol. The fraction of sp³-hybridized carbons (Fsp3) is 0.130. The van der Waals surface area contributed by atoms with Gasteiger partial charge in [0.15, 0.2) is 6.61 Å². The van der Waals surface area contributed by atoms with Gasteiger partial charge < -0.3 is 15.9 Å². The third kappa shape index (κ3) is 6.47. The highest BCUT2D eigenvalue weighted by Gasteiger charge is 2.21. The molecule has 1 amide bonds. The predicted octanol–water partition coefficient (Wildman–Crippen LogP) is 3.64. The van der Waals surface area contributed by atoms with Gasteiger partial charge in [0.05, 0.1) is 10.6 Å². The Balaban J connectivity index is 1.59. The molecule has 0 spiro atoms. The van der Waals surface area contributed by atoms with Gasteiger partial charge in [-0.25, -0.2) is 8.42 Å². The molecular formula is C23H23ClN4O4S. The maximum Gasteiger partial charge on any atom is 0.265 e. The number of para-hydroxylation sites is 1. The van der Waals surface area contributed by atoms with E-state index in [2.05, 4.69) is 10.5 Å². The molecule has 172 valence electrons. The number of oxime groups is 1. The number of amidine groups is 1. The summed E-state index contributed by atoms with van der Waals surface area (Å²) in [5, 5.41) is 6.87. The zero-order valence-electron chi connectivity index (χ0n) is 17.8. The molecule has 0 heterocycles. The van der Waals surface area contributed by atoms with Gasteiger partial charge in [-0.3, -0.25) is 9.10 Å². The van der Waals surface area contributed by atoms with Crippen LogP contribution >= 0.6 is 11.6 Å². The fourth-order valence-electron chi connectivity index (χ4n) is 2.91. The maximum atomic E-state index is 12.9. The molecule has 3 N–H and O–H groups in total. The molecule has 3 rings (SSSR count). The molecule has 0 aliphatic rings. The molecule has 0 atom stereocenters. The van der Waals surface area contributed by atoms with Gasteiger partial charge in [-0.2, -0.15) is 0 Å². The van der Waals surface area contributed by atoms with Gasteiger partial charge in [0.25, 0.3) is 15.9 Å². The first-order valence-corrected chi connectivity index (χ1v) is 11.7. The molecule has 0 fully saturated rings. The van der Waals surface area contributed by atoms with Crippen LogP contribution in [0.2, 0.25) is 5.02 Å². The Morgan fingerprint density at radius 1 is 1.06 bits per heavy atom. The summed E-state index contributed by atoms with van der Waals surface area (Å²) >= 11 is 6.08. The molecule has 10 heteroatoms. The van der Waals surface area contributed by atoms with E-state index in [-0.39, 0.29) is 17.2 Å². The number of carbonyl (C=O) groups is 1. The summed E-state index contributed by atoms with van der Waals surface area (Å²) < 4.78 is 27.1. The zero-order chi connectivity index (χ0) is 23.8. The Hall–Kier alpha value is -3.56. The number of amides is 1. The van der Waals surface area contributed by atoms with Crippen molar-refractivity contribution in [2.24, 2.45) is 10.9 Å². The number of nitrogens with zero attached hydrogens (tertiary/aromatic N) is 2. The average molecular weight is 487 g/mol. The number of halogens is 1. The highest BCUT2D eigenvalue weighted by atomic mass is 35.5. The molecular weight excluding hydrogens is 464 g/mol. The van der Waals surface area contributed by atoms with Gasteiger partial charge in [0.2, 0.25) is 0 Å². The number of rotatable bonds is 9. The Bertz CT molecular complexity index is 1250. The van der Waals surface area contributed by atoms with E-state index in [0.29, 0.717) is 16.4 Å².